The molecular weight excluding hydrogens is 330 g/mol. The average molecular weight is 354 g/mol. The third-order valence-corrected chi connectivity index (χ3v) is 5.42. The second-order valence-corrected chi connectivity index (χ2v) is 6.66. The first-order valence-electron chi connectivity index (χ1n) is 8.76. The molecule has 5 nitrogen and oxygen atoms in total. The van der Waals surface area contributed by atoms with Crippen LogP contribution in [0.2, 0.25) is 0 Å². The summed E-state index contributed by atoms with van der Waals surface area (Å²) in [4.78, 5) is 0. The van der Waals surface area contributed by atoms with Crippen LogP contribution in [0.25, 0.3) is 0 Å². The zero-order valence-corrected chi connectivity index (χ0v) is 15.7. The van der Waals surface area contributed by atoms with Crippen LogP contribution in [0, 0.1) is 0 Å². The molecule has 0 aromatic heterocycles. The highest BCUT2D eigenvalue weighted by Gasteiger charge is 2.36. The summed E-state index contributed by atoms with van der Waals surface area (Å²) in [7, 11) is 6.73. The number of methoxy groups -OCH3 is 4. The van der Waals surface area contributed by atoms with E-state index in [1.165, 1.54) is 22.3 Å². The Morgan fingerprint density at radius 1 is 0.731 bits per heavy atom. The van der Waals surface area contributed by atoms with Crippen molar-refractivity contribution in [1.29, 1.82) is 0 Å². The Balaban J connectivity index is 1.77. The number of hydrogen-bond acceptors (Lipinski definition) is 4. The van der Waals surface area contributed by atoms with E-state index in [1.54, 1.807) is 28.4 Å². The van der Waals surface area contributed by atoms with E-state index in [-0.39, 0.29) is 0 Å². The SMILES string of the molecule is COc1cc2c(cc1OC)C[N+]1=CCc3cc(OC)c(OC)cc3C1C2. The molecule has 2 aliphatic heterocycles. The molecule has 2 aromatic carbocycles. The molecule has 0 fully saturated rings. The molecule has 2 aromatic rings. The summed E-state index contributed by atoms with van der Waals surface area (Å²) >= 11 is 0. The number of hydrogen-bond donors (Lipinski definition) is 0. The molecule has 0 aliphatic carbocycles. The molecule has 0 N–H and O–H groups in total. The Bertz CT molecular complexity index is 877. The predicted molar refractivity (Wildman–Crippen MR) is 99.3 cm³/mol. The van der Waals surface area contributed by atoms with Crippen molar-refractivity contribution in [3.05, 3.63) is 46.5 Å². The lowest BCUT2D eigenvalue weighted by molar-refractivity contribution is -0.590. The standard InChI is InChI=1S/C21H24NO4/c1-23-18-8-13-5-6-22-12-15-10-20(25-3)19(24-2)9-14(15)7-17(22)16(13)11-21(18)26-4/h6,8-11,17H,5,7,12H2,1-4H3/q+1. The second kappa shape index (κ2) is 6.56. The summed E-state index contributed by atoms with van der Waals surface area (Å²) in [5.41, 5.74) is 5.21. The molecule has 136 valence electrons. The van der Waals surface area contributed by atoms with Crippen molar-refractivity contribution in [2.24, 2.45) is 0 Å². The molecule has 0 saturated heterocycles. The number of rotatable bonds is 4. The van der Waals surface area contributed by atoms with Gasteiger partial charge in [-0.15, -0.1) is 0 Å². The highest BCUT2D eigenvalue weighted by molar-refractivity contribution is 5.63. The predicted octanol–water partition coefficient (Wildman–Crippen LogP) is 3.16. The molecule has 2 aliphatic rings. The van der Waals surface area contributed by atoms with Crippen LogP contribution in [0.5, 0.6) is 23.0 Å². The van der Waals surface area contributed by atoms with Gasteiger partial charge in [0.2, 0.25) is 0 Å². The summed E-state index contributed by atoms with van der Waals surface area (Å²) in [6.07, 6.45) is 4.11. The average Bonchev–Trinajstić information content (AvgIpc) is 2.69. The zero-order chi connectivity index (χ0) is 18.3. The Kier molecular flexibility index (Phi) is 4.23. The summed E-state index contributed by atoms with van der Waals surface area (Å²) in [5, 5.41) is 0. The summed E-state index contributed by atoms with van der Waals surface area (Å²) in [6, 6.07) is 8.74. The van der Waals surface area contributed by atoms with Gasteiger partial charge in [-0.25, -0.2) is 4.58 Å². The summed E-state index contributed by atoms with van der Waals surface area (Å²) in [6.45, 7) is 0.869. The van der Waals surface area contributed by atoms with Gasteiger partial charge in [0, 0.05) is 17.5 Å². The van der Waals surface area contributed by atoms with Crippen LogP contribution >= 0.6 is 0 Å². The van der Waals surface area contributed by atoms with Crippen LogP contribution in [0.3, 0.4) is 0 Å². The number of nitrogens with zero attached hydrogens (tertiary/aromatic N) is 1. The summed E-state index contributed by atoms with van der Waals surface area (Å²) in [5.74, 6) is 3.14. The normalized spacial score (nSPS) is 17.4. The maximum atomic E-state index is 5.53. The van der Waals surface area contributed by atoms with E-state index in [4.69, 9.17) is 18.9 Å². The molecule has 0 amide bonds. The van der Waals surface area contributed by atoms with Crippen molar-refractivity contribution in [1.82, 2.24) is 0 Å². The molecule has 0 bridgehead atoms. The quantitative estimate of drug-likeness (QED) is 0.791. The first-order chi connectivity index (χ1) is 12.7. The molecule has 0 radical (unpaired) electrons. The van der Waals surface area contributed by atoms with Crippen molar-refractivity contribution in [2.45, 2.75) is 25.4 Å². The second-order valence-electron chi connectivity index (χ2n) is 6.66. The van der Waals surface area contributed by atoms with Gasteiger partial charge in [0.05, 0.1) is 34.9 Å². The Labute approximate surface area is 153 Å². The van der Waals surface area contributed by atoms with Crippen molar-refractivity contribution in [2.75, 3.05) is 28.4 Å². The van der Waals surface area contributed by atoms with Crippen molar-refractivity contribution >= 4 is 6.21 Å². The maximum Gasteiger partial charge on any atom is 0.182 e. The van der Waals surface area contributed by atoms with Crippen LogP contribution in [0.1, 0.15) is 28.3 Å². The number of benzene rings is 2. The Morgan fingerprint density at radius 3 is 1.88 bits per heavy atom. The fourth-order valence-corrected chi connectivity index (χ4v) is 4.05. The van der Waals surface area contributed by atoms with E-state index < -0.39 is 0 Å². The van der Waals surface area contributed by atoms with Crippen molar-refractivity contribution in [3.63, 3.8) is 0 Å². The minimum Gasteiger partial charge on any atom is -0.493 e. The minimum atomic E-state index is 0.296. The lowest BCUT2D eigenvalue weighted by Crippen LogP contribution is -2.31. The van der Waals surface area contributed by atoms with Gasteiger partial charge in [-0.05, 0) is 35.4 Å². The van der Waals surface area contributed by atoms with Gasteiger partial charge in [0.15, 0.2) is 35.6 Å². The van der Waals surface area contributed by atoms with E-state index in [2.05, 4.69) is 35.1 Å². The lowest BCUT2D eigenvalue weighted by atomic mass is 9.85. The summed E-state index contributed by atoms with van der Waals surface area (Å²) < 4.78 is 24.4. The highest BCUT2D eigenvalue weighted by atomic mass is 16.5. The van der Waals surface area contributed by atoms with E-state index in [0.29, 0.717) is 6.04 Å². The largest absolute Gasteiger partial charge is 0.493 e. The Morgan fingerprint density at radius 2 is 1.27 bits per heavy atom. The monoisotopic (exact) mass is 354 g/mol. The molecule has 1 atom stereocenters. The van der Waals surface area contributed by atoms with Crippen LogP contribution in [-0.4, -0.2) is 39.2 Å². The fourth-order valence-electron chi connectivity index (χ4n) is 4.05. The molecule has 2 heterocycles. The molecular formula is C21H24NO4+. The molecule has 1 unspecified atom stereocenters. The van der Waals surface area contributed by atoms with Crippen LogP contribution < -0.4 is 18.9 Å². The van der Waals surface area contributed by atoms with Gasteiger partial charge in [-0.2, -0.15) is 0 Å². The van der Waals surface area contributed by atoms with Gasteiger partial charge < -0.3 is 18.9 Å². The van der Waals surface area contributed by atoms with E-state index in [1.807, 2.05) is 0 Å². The van der Waals surface area contributed by atoms with Crippen molar-refractivity contribution < 1.29 is 23.5 Å². The smallest absolute Gasteiger partial charge is 0.182 e. The van der Waals surface area contributed by atoms with Crippen LogP contribution in [-0.2, 0) is 19.4 Å². The molecule has 0 spiro atoms. The first-order valence-corrected chi connectivity index (χ1v) is 8.76. The van der Waals surface area contributed by atoms with Gasteiger partial charge in [-0.1, -0.05) is 0 Å². The van der Waals surface area contributed by atoms with Crippen molar-refractivity contribution in [3.8, 4) is 23.0 Å². The number of ether oxygens (including phenoxy) is 4. The van der Waals surface area contributed by atoms with E-state index in [9.17, 15) is 0 Å². The van der Waals surface area contributed by atoms with Gasteiger partial charge >= 0.3 is 0 Å². The molecule has 26 heavy (non-hydrogen) atoms. The van der Waals surface area contributed by atoms with Crippen LogP contribution in [0.15, 0.2) is 24.3 Å². The maximum absolute atomic E-state index is 5.53. The molecule has 4 rings (SSSR count). The lowest BCUT2D eigenvalue weighted by Gasteiger charge is -2.29. The van der Waals surface area contributed by atoms with Crippen LogP contribution in [0.4, 0.5) is 0 Å². The molecule has 5 heteroatoms. The Hall–Kier alpha value is -2.69. The van der Waals surface area contributed by atoms with E-state index in [0.717, 1.165) is 42.4 Å². The van der Waals surface area contributed by atoms with Gasteiger partial charge in [-0.3, -0.25) is 0 Å². The highest BCUT2D eigenvalue weighted by Crippen LogP contribution is 2.42. The fraction of sp³-hybridized carbons (Fsp3) is 0.381. The third kappa shape index (κ3) is 2.59. The topological polar surface area (TPSA) is 39.9 Å². The minimum absolute atomic E-state index is 0.296. The third-order valence-electron chi connectivity index (χ3n) is 5.42. The van der Waals surface area contributed by atoms with E-state index >= 15 is 0 Å². The van der Waals surface area contributed by atoms with Gasteiger partial charge in [0.1, 0.15) is 6.21 Å². The number of fused-ring (bicyclic) bond motifs is 4. The zero-order valence-electron chi connectivity index (χ0n) is 15.7. The molecule has 0 saturated carbocycles. The van der Waals surface area contributed by atoms with Gasteiger partial charge in [0.25, 0.3) is 0 Å². The first kappa shape index (κ1) is 16.8.